The zero-order valence-electron chi connectivity index (χ0n) is 12.9. The van der Waals surface area contributed by atoms with E-state index in [1.807, 2.05) is 30.3 Å². The number of carbonyl (C=O) groups is 1. The fourth-order valence-electron chi connectivity index (χ4n) is 2.61. The largest absolute Gasteiger partial charge is 0.461 e. The van der Waals surface area contributed by atoms with Crippen LogP contribution in [-0.2, 0) is 6.42 Å². The Balaban J connectivity index is 1.30. The summed E-state index contributed by atoms with van der Waals surface area (Å²) in [5.74, 6) is 2.17. The molecule has 0 fully saturated rings. The Hall–Kier alpha value is -3.15. The van der Waals surface area contributed by atoms with Gasteiger partial charge in [0.15, 0.2) is 11.5 Å². The van der Waals surface area contributed by atoms with Crippen LogP contribution in [0.15, 0.2) is 52.9 Å². The number of benzene rings is 2. The monoisotopic (exact) mass is 324 g/mol. The number of amides is 2. The molecule has 0 spiro atoms. The molecular weight excluding hydrogens is 308 g/mol. The molecule has 6 heteroatoms. The van der Waals surface area contributed by atoms with Gasteiger partial charge in [-0.05, 0) is 24.3 Å². The van der Waals surface area contributed by atoms with E-state index in [9.17, 15) is 4.79 Å². The minimum atomic E-state index is -0.273. The SMILES string of the molecule is O=C(NCCc1cc2ccccc2o1)Nc1ccc2c(c1)OCO2. The van der Waals surface area contributed by atoms with Gasteiger partial charge in [0, 0.05) is 30.1 Å². The van der Waals surface area contributed by atoms with Crippen molar-refractivity contribution in [3.8, 4) is 11.5 Å². The van der Waals surface area contributed by atoms with E-state index in [1.54, 1.807) is 18.2 Å². The number of anilines is 1. The third-order valence-electron chi connectivity index (χ3n) is 3.76. The molecule has 0 bridgehead atoms. The van der Waals surface area contributed by atoms with Crippen molar-refractivity contribution in [2.24, 2.45) is 0 Å². The first-order valence-corrected chi connectivity index (χ1v) is 7.70. The molecule has 1 aromatic heterocycles. The fraction of sp³-hybridized carbons (Fsp3) is 0.167. The number of para-hydroxylation sites is 1. The number of rotatable bonds is 4. The van der Waals surface area contributed by atoms with Crippen LogP contribution < -0.4 is 20.1 Å². The third kappa shape index (κ3) is 2.99. The molecule has 24 heavy (non-hydrogen) atoms. The van der Waals surface area contributed by atoms with Crippen LogP contribution in [0.1, 0.15) is 5.76 Å². The molecule has 2 aromatic carbocycles. The molecule has 0 unspecified atom stereocenters. The number of urea groups is 1. The van der Waals surface area contributed by atoms with Gasteiger partial charge < -0.3 is 24.5 Å². The van der Waals surface area contributed by atoms with Crippen LogP contribution in [0.4, 0.5) is 10.5 Å². The van der Waals surface area contributed by atoms with Crippen LogP contribution in [0.3, 0.4) is 0 Å². The summed E-state index contributed by atoms with van der Waals surface area (Å²) in [5.41, 5.74) is 1.51. The second-order valence-corrected chi connectivity index (χ2v) is 5.45. The van der Waals surface area contributed by atoms with E-state index in [1.165, 1.54) is 0 Å². The van der Waals surface area contributed by atoms with Crippen molar-refractivity contribution in [2.75, 3.05) is 18.7 Å². The predicted molar refractivity (Wildman–Crippen MR) is 89.5 cm³/mol. The Labute approximate surface area is 138 Å². The van der Waals surface area contributed by atoms with Gasteiger partial charge in [-0.3, -0.25) is 0 Å². The summed E-state index contributed by atoms with van der Waals surface area (Å²) >= 11 is 0. The van der Waals surface area contributed by atoms with E-state index in [2.05, 4.69) is 10.6 Å². The van der Waals surface area contributed by atoms with Gasteiger partial charge in [-0.2, -0.15) is 0 Å². The lowest BCUT2D eigenvalue weighted by atomic mass is 10.2. The van der Waals surface area contributed by atoms with Crippen molar-refractivity contribution >= 4 is 22.7 Å². The van der Waals surface area contributed by atoms with Crippen LogP contribution in [0.25, 0.3) is 11.0 Å². The van der Waals surface area contributed by atoms with Crippen LogP contribution in [-0.4, -0.2) is 19.4 Å². The van der Waals surface area contributed by atoms with E-state index < -0.39 is 0 Å². The van der Waals surface area contributed by atoms with Gasteiger partial charge in [-0.1, -0.05) is 18.2 Å². The highest BCUT2D eigenvalue weighted by Gasteiger charge is 2.14. The average Bonchev–Trinajstić information content (AvgIpc) is 3.20. The average molecular weight is 324 g/mol. The lowest BCUT2D eigenvalue weighted by Crippen LogP contribution is -2.30. The van der Waals surface area contributed by atoms with E-state index >= 15 is 0 Å². The van der Waals surface area contributed by atoms with Crippen LogP contribution >= 0.6 is 0 Å². The number of hydrogen-bond acceptors (Lipinski definition) is 4. The zero-order chi connectivity index (χ0) is 16.4. The molecule has 2 heterocycles. The van der Waals surface area contributed by atoms with Crippen LogP contribution in [0.2, 0.25) is 0 Å². The van der Waals surface area contributed by atoms with E-state index in [-0.39, 0.29) is 12.8 Å². The first-order valence-electron chi connectivity index (χ1n) is 7.70. The lowest BCUT2D eigenvalue weighted by molar-refractivity contribution is 0.174. The number of furan rings is 1. The maximum atomic E-state index is 12.0. The molecule has 1 aliphatic rings. The molecule has 3 aromatic rings. The number of ether oxygens (including phenoxy) is 2. The first kappa shape index (κ1) is 14.4. The van der Waals surface area contributed by atoms with Gasteiger partial charge in [0.1, 0.15) is 11.3 Å². The minimum Gasteiger partial charge on any atom is -0.461 e. The van der Waals surface area contributed by atoms with Crippen LogP contribution in [0.5, 0.6) is 11.5 Å². The summed E-state index contributed by atoms with van der Waals surface area (Å²) < 4.78 is 16.2. The summed E-state index contributed by atoms with van der Waals surface area (Å²) in [7, 11) is 0. The number of hydrogen-bond donors (Lipinski definition) is 2. The van der Waals surface area contributed by atoms with Crippen LogP contribution in [0, 0.1) is 0 Å². The van der Waals surface area contributed by atoms with Crippen molar-refractivity contribution in [3.05, 3.63) is 54.3 Å². The van der Waals surface area contributed by atoms with E-state index in [0.29, 0.717) is 30.2 Å². The second-order valence-electron chi connectivity index (χ2n) is 5.45. The van der Waals surface area contributed by atoms with Gasteiger partial charge in [0.2, 0.25) is 6.79 Å². The third-order valence-corrected chi connectivity index (χ3v) is 3.76. The molecule has 2 amide bonds. The summed E-state index contributed by atoms with van der Waals surface area (Å²) in [4.78, 5) is 12.0. The Morgan fingerprint density at radius 1 is 1.04 bits per heavy atom. The normalized spacial score (nSPS) is 12.3. The molecule has 0 atom stereocenters. The highest BCUT2D eigenvalue weighted by atomic mass is 16.7. The molecule has 122 valence electrons. The van der Waals surface area contributed by atoms with Crippen molar-refractivity contribution in [1.29, 1.82) is 0 Å². The zero-order valence-corrected chi connectivity index (χ0v) is 12.9. The van der Waals surface area contributed by atoms with Gasteiger partial charge in [-0.15, -0.1) is 0 Å². The van der Waals surface area contributed by atoms with Gasteiger partial charge in [0.25, 0.3) is 0 Å². The van der Waals surface area contributed by atoms with E-state index in [0.717, 1.165) is 16.7 Å². The minimum absolute atomic E-state index is 0.211. The quantitative estimate of drug-likeness (QED) is 0.770. The van der Waals surface area contributed by atoms with Gasteiger partial charge >= 0.3 is 6.03 Å². The Bertz CT molecular complexity index is 855. The van der Waals surface area contributed by atoms with Crippen molar-refractivity contribution < 1.29 is 18.7 Å². The topological polar surface area (TPSA) is 72.7 Å². The van der Waals surface area contributed by atoms with Crippen molar-refractivity contribution in [3.63, 3.8) is 0 Å². The maximum absolute atomic E-state index is 12.0. The molecule has 2 N–H and O–H groups in total. The fourth-order valence-corrected chi connectivity index (χ4v) is 2.61. The molecule has 6 nitrogen and oxygen atoms in total. The predicted octanol–water partition coefficient (Wildman–Crippen LogP) is 3.53. The molecule has 1 aliphatic heterocycles. The molecule has 0 saturated heterocycles. The summed E-state index contributed by atoms with van der Waals surface area (Å²) in [5, 5.41) is 6.64. The molecule has 4 rings (SSSR count). The Morgan fingerprint density at radius 2 is 1.92 bits per heavy atom. The highest BCUT2D eigenvalue weighted by molar-refractivity contribution is 5.89. The maximum Gasteiger partial charge on any atom is 0.319 e. The standard InChI is InChI=1S/C18H16N2O4/c21-18(20-13-5-6-16-17(10-13)23-11-22-16)19-8-7-14-9-12-3-1-2-4-15(12)24-14/h1-6,9-10H,7-8,11H2,(H2,19,20,21). The first-order chi connectivity index (χ1) is 11.8. The summed E-state index contributed by atoms with van der Waals surface area (Å²) in [6, 6.07) is 14.8. The Kier molecular flexibility index (Phi) is 3.70. The summed E-state index contributed by atoms with van der Waals surface area (Å²) in [6.45, 7) is 0.693. The number of fused-ring (bicyclic) bond motifs is 2. The van der Waals surface area contributed by atoms with Gasteiger partial charge in [0.05, 0.1) is 0 Å². The smallest absolute Gasteiger partial charge is 0.319 e. The Morgan fingerprint density at radius 3 is 2.83 bits per heavy atom. The number of nitrogens with one attached hydrogen (secondary N) is 2. The van der Waals surface area contributed by atoms with Gasteiger partial charge in [-0.25, -0.2) is 4.79 Å². The molecule has 0 radical (unpaired) electrons. The molecule has 0 aliphatic carbocycles. The van der Waals surface area contributed by atoms with E-state index in [4.69, 9.17) is 13.9 Å². The highest BCUT2D eigenvalue weighted by Crippen LogP contribution is 2.34. The van der Waals surface area contributed by atoms with Crippen molar-refractivity contribution in [1.82, 2.24) is 5.32 Å². The summed E-state index contributed by atoms with van der Waals surface area (Å²) in [6.07, 6.45) is 0.628. The molecule has 0 saturated carbocycles. The lowest BCUT2D eigenvalue weighted by Gasteiger charge is -2.07. The molecular formula is C18H16N2O4. The number of carbonyl (C=O) groups excluding carboxylic acids is 1. The second kappa shape index (κ2) is 6.16. The van der Waals surface area contributed by atoms with Crippen molar-refractivity contribution in [2.45, 2.75) is 6.42 Å².